The van der Waals surface area contributed by atoms with Crippen LogP contribution in [0.2, 0.25) is 0 Å². The van der Waals surface area contributed by atoms with Crippen LogP contribution < -0.4 is 24.3 Å². The molecule has 0 aliphatic heterocycles. The predicted octanol–water partition coefficient (Wildman–Crippen LogP) is 4.88. The first-order valence-electron chi connectivity index (χ1n) is 9.39. The fraction of sp³-hybridized carbons (Fsp3) is 0.273. The lowest BCUT2D eigenvalue weighted by Gasteiger charge is -2.11. The summed E-state index contributed by atoms with van der Waals surface area (Å²) >= 11 is 1.38. The highest BCUT2D eigenvalue weighted by Crippen LogP contribution is 2.34. The fourth-order valence-electron chi connectivity index (χ4n) is 2.73. The average molecular weight is 429 g/mol. The maximum absolute atomic E-state index is 12.7. The van der Waals surface area contributed by atoms with Gasteiger partial charge in [0.2, 0.25) is 0 Å². The first kappa shape index (κ1) is 21.4. The number of methoxy groups -OCH3 is 3. The monoisotopic (exact) mass is 428 g/mol. The Morgan fingerprint density at radius 3 is 2.50 bits per heavy atom. The summed E-state index contributed by atoms with van der Waals surface area (Å²) < 4.78 is 21.6. The Balaban J connectivity index is 1.78. The van der Waals surface area contributed by atoms with Crippen LogP contribution in [0.15, 0.2) is 41.8 Å². The van der Waals surface area contributed by atoms with Gasteiger partial charge >= 0.3 is 0 Å². The van der Waals surface area contributed by atoms with E-state index in [9.17, 15) is 4.79 Å². The Bertz CT molecular complexity index is 1020. The minimum absolute atomic E-state index is 0.318. The number of amides is 1. The quantitative estimate of drug-likeness (QED) is 0.523. The van der Waals surface area contributed by atoms with Crippen LogP contribution in [0, 0.1) is 0 Å². The van der Waals surface area contributed by atoms with Crippen molar-refractivity contribution >= 4 is 22.9 Å². The van der Waals surface area contributed by atoms with Crippen molar-refractivity contribution in [2.75, 3.05) is 33.3 Å². The van der Waals surface area contributed by atoms with E-state index < -0.39 is 0 Å². The molecule has 0 atom stereocenters. The molecule has 3 aromatic rings. The highest BCUT2D eigenvalue weighted by atomic mass is 32.1. The summed E-state index contributed by atoms with van der Waals surface area (Å²) in [6, 6.07) is 10.8. The second-order valence-electron chi connectivity index (χ2n) is 6.27. The number of carbonyl (C=O) groups excluding carboxylic acids is 1. The number of thiazole rings is 1. The number of aromatic nitrogens is 1. The standard InChI is InChI=1S/C22H24N2O5S/c1-5-10-29-18-9-6-14(11-20(18)28-4)22-24-17(13-30-22)21(25)23-16-8-7-15(26-2)12-19(16)27-3/h6-9,11-13H,5,10H2,1-4H3,(H,23,25). The van der Waals surface area contributed by atoms with E-state index >= 15 is 0 Å². The van der Waals surface area contributed by atoms with Crippen molar-refractivity contribution in [3.8, 4) is 33.6 Å². The Labute approximate surface area is 179 Å². The van der Waals surface area contributed by atoms with Gasteiger partial charge in [0.25, 0.3) is 5.91 Å². The maximum atomic E-state index is 12.7. The smallest absolute Gasteiger partial charge is 0.275 e. The zero-order chi connectivity index (χ0) is 21.5. The van der Waals surface area contributed by atoms with Gasteiger partial charge in [0.15, 0.2) is 11.5 Å². The lowest BCUT2D eigenvalue weighted by molar-refractivity contribution is 0.102. The van der Waals surface area contributed by atoms with E-state index in [1.54, 1.807) is 37.8 Å². The first-order valence-corrected chi connectivity index (χ1v) is 10.3. The van der Waals surface area contributed by atoms with Gasteiger partial charge < -0.3 is 24.3 Å². The second-order valence-corrected chi connectivity index (χ2v) is 7.13. The van der Waals surface area contributed by atoms with Gasteiger partial charge in [0.1, 0.15) is 22.2 Å². The molecule has 0 unspecified atom stereocenters. The number of nitrogens with one attached hydrogen (secondary N) is 1. The third-order valence-electron chi connectivity index (χ3n) is 4.27. The lowest BCUT2D eigenvalue weighted by atomic mass is 10.2. The van der Waals surface area contributed by atoms with Gasteiger partial charge in [0, 0.05) is 17.0 Å². The Morgan fingerprint density at radius 2 is 1.80 bits per heavy atom. The molecule has 3 rings (SSSR count). The molecule has 0 spiro atoms. The maximum Gasteiger partial charge on any atom is 0.275 e. The molecule has 30 heavy (non-hydrogen) atoms. The van der Waals surface area contributed by atoms with Crippen molar-refractivity contribution in [1.82, 2.24) is 4.98 Å². The van der Waals surface area contributed by atoms with Crippen LogP contribution >= 0.6 is 11.3 Å². The van der Waals surface area contributed by atoms with Gasteiger partial charge in [-0.3, -0.25) is 4.79 Å². The molecule has 0 bridgehead atoms. The highest BCUT2D eigenvalue weighted by molar-refractivity contribution is 7.13. The van der Waals surface area contributed by atoms with Crippen molar-refractivity contribution in [3.05, 3.63) is 47.5 Å². The molecule has 0 fully saturated rings. The molecule has 158 valence electrons. The highest BCUT2D eigenvalue weighted by Gasteiger charge is 2.16. The van der Waals surface area contributed by atoms with Gasteiger partial charge in [-0.25, -0.2) is 4.98 Å². The van der Waals surface area contributed by atoms with E-state index in [4.69, 9.17) is 18.9 Å². The number of hydrogen-bond acceptors (Lipinski definition) is 7. The summed E-state index contributed by atoms with van der Waals surface area (Å²) in [6.45, 7) is 2.66. The van der Waals surface area contributed by atoms with E-state index in [1.165, 1.54) is 18.4 Å². The summed E-state index contributed by atoms with van der Waals surface area (Å²) in [5, 5.41) is 5.26. The van der Waals surface area contributed by atoms with Gasteiger partial charge in [-0.15, -0.1) is 11.3 Å². The third-order valence-corrected chi connectivity index (χ3v) is 5.16. The molecule has 0 saturated heterocycles. The largest absolute Gasteiger partial charge is 0.497 e. The average Bonchev–Trinajstić information content (AvgIpc) is 3.28. The van der Waals surface area contributed by atoms with Crippen LogP contribution in [-0.2, 0) is 0 Å². The lowest BCUT2D eigenvalue weighted by Crippen LogP contribution is -2.13. The fourth-order valence-corrected chi connectivity index (χ4v) is 3.53. The number of rotatable bonds is 9. The molecule has 2 aromatic carbocycles. The summed E-state index contributed by atoms with van der Waals surface area (Å²) in [5.41, 5.74) is 1.71. The van der Waals surface area contributed by atoms with Crippen molar-refractivity contribution in [1.29, 1.82) is 0 Å². The number of anilines is 1. The van der Waals surface area contributed by atoms with Crippen LogP contribution in [0.3, 0.4) is 0 Å². The third kappa shape index (κ3) is 4.83. The topological polar surface area (TPSA) is 78.9 Å². The number of ether oxygens (including phenoxy) is 4. The molecule has 1 aromatic heterocycles. The Morgan fingerprint density at radius 1 is 1.00 bits per heavy atom. The summed E-state index contributed by atoms with van der Waals surface area (Å²) in [6.07, 6.45) is 0.912. The van der Waals surface area contributed by atoms with Crippen LogP contribution in [-0.4, -0.2) is 38.8 Å². The minimum Gasteiger partial charge on any atom is -0.497 e. The van der Waals surface area contributed by atoms with Crippen LogP contribution in [0.25, 0.3) is 10.6 Å². The zero-order valence-electron chi connectivity index (χ0n) is 17.4. The summed E-state index contributed by atoms with van der Waals surface area (Å²) in [5.74, 6) is 2.14. The van der Waals surface area contributed by atoms with Gasteiger partial charge in [0.05, 0.1) is 33.6 Å². The van der Waals surface area contributed by atoms with Crippen molar-refractivity contribution < 1.29 is 23.7 Å². The normalized spacial score (nSPS) is 10.4. The summed E-state index contributed by atoms with van der Waals surface area (Å²) in [4.78, 5) is 17.2. The number of carbonyl (C=O) groups is 1. The van der Waals surface area contributed by atoms with Gasteiger partial charge in [-0.05, 0) is 36.8 Å². The molecular formula is C22H24N2O5S. The van der Waals surface area contributed by atoms with Crippen LogP contribution in [0.1, 0.15) is 23.8 Å². The van der Waals surface area contributed by atoms with Crippen molar-refractivity contribution in [2.24, 2.45) is 0 Å². The Hall–Kier alpha value is -3.26. The van der Waals surface area contributed by atoms with E-state index in [1.807, 2.05) is 25.1 Å². The molecule has 0 aliphatic rings. The van der Waals surface area contributed by atoms with Crippen LogP contribution in [0.4, 0.5) is 5.69 Å². The number of benzene rings is 2. The molecule has 0 aliphatic carbocycles. The molecule has 7 nitrogen and oxygen atoms in total. The van der Waals surface area contributed by atoms with E-state index in [-0.39, 0.29) is 5.91 Å². The van der Waals surface area contributed by atoms with E-state index in [0.717, 1.165) is 12.0 Å². The Kier molecular flexibility index (Phi) is 7.13. The van der Waals surface area contributed by atoms with Crippen LogP contribution in [0.5, 0.6) is 23.0 Å². The first-order chi connectivity index (χ1) is 14.6. The number of hydrogen-bond donors (Lipinski definition) is 1. The zero-order valence-corrected chi connectivity index (χ0v) is 18.2. The van der Waals surface area contributed by atoms with Crippen molar-refractivity contribution in [2.45, 2.75) is 13.3 Å². The van der Waals surface area contributed by atoms with Gasteiger partial charge in [-0.1, -0.05) is 6.92 Å². The van der Waals surface area contributed by atoms with E-state index in [0.29, 0.717) is 46.0 Å². The summed E-state index contributed by atoms with van der Waals surface area (Å²) in [7, 11) is 4.70. The SMILES string of the molecule is CCCOc1ccc(-c2nc(C(=O)Nc3ccc(OC)cc3OC)cs2)cc1OC. The second kappa shape index (κ2) is 9.98. The predicted molar refractivity (Wildman–Crippen MR) is 117 cm³/mol. The molecule has 1 heterocycles. The molecular weight excluding hydrogens is 404 g/mol. The molecule has 1 N–H and O–H groups in total. The van der Waals surface area contributed by atoms with Gasteiger partial charge in [-0.2, -0.15) is 0 Å². The molecule has 0 radical (unpaired) electrons. The van der Waals surface area contributed by atoms with Crippen molar-refractivity contribution in [3.63, 3.8) is 0 Å². The molecule has 8 heteroatoms. The number of nitrogens with zero attached hydrogens (tertiary/aromatic N) is 1. The molecule has 0 saturated carbocycles. The molecule has 1 amide bonds. The minimum atomic E-state index is -0.323. The van der Waals surface area contributed by atoms with E-state index in [2.05, 4.69) is 10.3 Å².